The highest BCUT2D eigenvalue weighted by Gasteiger charge is 2.10. The first-order valence-corrected chi connectivity index (χ1v) is 7.17. The van der Waals surface area contributed by atoms with Crippen LogP contribution >= 0.6 is 0 Å². The fourth-order valence-corrected chi connectivity index (χ4v) is 2.27. The zero-order chi connectivity index (χ0) is 15.2. The molecule has 112 valence electrons. The normalized spacial score (nSPS) is 10.4. The van der Waals surface area contributed by atoms with Crippen molar-refractivity contribution in [3.05, 3.63) is 46.8 Å². The van der Waals surface area contributed by atoms with Crippen molar-refractivity contribution in [3.63, 3.8) is 0 Å². The van der Waals surface area contributed by atoms with Gasteiger partial charge in [0.25, 0.3) is 5.91 Å². The Morgan fingerprint density at radius 1 is 1.33 bits per heavy atom. The van der Waals surface area contributed by atoms with Crippen LogP contribution in [-0.4, -0.2) is 29.7 Å². The van der Waals surface area contributed by atoms with Gasteiger partial charge in [-0.15, -0.1) is 0 Å². The molecule has 0 fully saturated rings. The predicted molar refractivity (Wildman–Crippen MR) is 84.7 cm³/mol. The van der Waals surface area contributed by atoms with Gasteiger partial charge >= 0.3 is 0 Å². The van der Waals surface area contributed by atoms with Gasteiger partial charge in [-0.05, 0) is 49.9 Å². The Hall–Kier alpha value is -2.30. The molecular formula is C16H22N4O. The van der Waals surface area contributed by atoms with Crippen LogP contribution in [0.2, 0.25) is 0 Å². The van der Waals surface area contributed by atoms with E-state index in [1.807, 2.05) is 45.3 Å². The highest BCUT2D eigenvalue weighted by Crippen LogP contribution is 2.16. The van der Waals surface area contributed by atoms with E-state index >= 15 is 0 Å². The van der Waals surface area contributed by atoms with Crippen LogP contribution in [0, 0.1) is 13.8 Å². The lowest BCUT2D eigenvalue weighted by Gasteiger charge is -2.10. The maximum absolute atomic E-state index is 12.2. The number of carbonyl (C=O) groups excluding carboxylic acids is 1. The molecule has 0 radical (unpaired) electrons. The molecule has 21 heavy (non-hydrogen) atoms. The summed E-state index contributed by atoms with van der Waals surface area (Å²) in [6.07, 6.45) is 3.65. The number of nitrogens with one attached hydrogen (secondary N) is 3. The maximum atomic E-state index is 12.2. The smallest absolute Gasteiger partial charge is 0.253 e. The third kappa shape index (κ3) is 3.84. The van der Waals surface area contributed by atoms with Gasteiger partial charge in [-0.25, -0.2) is 0 Å². The summed E-state index contributed by atoms with van der Waals surface area (Å²) >= 11 is 0. The molecule has 3 N–H and O–H groups in total. The fourth-order valence-electron chi connectivity index (χ4n) is 2.27. The van der Waals surface area contributed by atoms with Gasteiger partial charge in [-0.3, -0.25) is 9.89 Å². The number of hydrogen-bond donors (Lipinski definition) is 3. The largest absolute Gasteiger partial charge is 0.387 e. The number of benzene rings is 1. The van der Waals surface area contributed by atoms with Crippen molar-refractivity contribution in [2.24, 2.45) is 0 Å². The van der Waals surface area contributed by atoms with E-state index in [2.05, 4.69) is 20.8 Å². The molecule has 0 aliphatic rings. The van der Waals surface area contributed by atoms with Crippen LogP contribution in [0.25, 0.3) is 0 Å². The lowest BCUT2D eigenvalue weighted by Crippen LogP contribution is -2.25. The minimum Gasteiger partial charge on any atom is -0.387 e. The quantitative estimate of drug-likeness (QED) is 0.714. The molecule has 5 heteroatoms. The minimum atomic E-state index is -0.0386. The van der Waals surface area contributed by atoms with E-state index in [0.29, 0.717) is 12.1 Å². The van der Waals surface area contributed by atoms with E-state index in [4.69, 9.17) is 0 Å². The average Bonchev–Trinajstić information content (AvgIpc) is 2.88. The Balaban J connectivity index is 1.86. The van der Waals surface area contributed by atoms with Gasteiger partial charge < -0.3 is 10.6 Å². The molecule has 2 rings (SSSR count). The third-order valence-electron chi connectivity index (χ3n) is 3.53. The molecule has 1 amide bonds. The summed E-state index contributed by atoms with van der Waals surface area (Å²) < 4.78 is 0. The number of carbonyl (C=O) groups is 1. The number of anilines is 1. The summed E-state index contributed by atoms with van der Waals surface area (Å²) in [6, 6.07) is 5.78. The monoisotopic (exact) mass is 286 g/mol. The molecular weight excluding hydrogens is 264 g/mol. The van der Waals surface area contributed by atoms with Crippen molar-refractivity contribution < 1.29 is 4.79 Å². The number of amides is 1. The Morgan fingerprint density at radius 2 is 2.14 bits per heavy atom. The van der Waals surface area contributed by atoms with Crippen LogP contribution in [0.3, 0.4) is 0 Å². The molecule has 1 aromatic heterocycles. The second kappa shape index (κ2) is 6.92. The first-order valence-electron chi connectivity index (χ1n) is 7.17. The first-order chi connectivity index (χ1) is 10.1. The molecule has 0 unspecified atom stereocenters. The van der Waals surface area contributed by atoms with Crippen LogP contribution in [0.4, 0.5) is 5.69 Å². The lowest BCUT2D eigenvalue weighted by atomic mass is 10.1. The Kier molecular flexibility index (Phi) is 4.98. The molecule has 0 bridgehead atoms. The predicted octanol–water partition coefficient (Wildman–Crippen LogP) is 2.43. The minimum absolute atomic E-state index is 0.0386. The summed E-state index contributed by atoms with van der Waals surface area (Å²) in [5.74, 6) is -0.0386. The van der Waals surface area contributed by atoms with Crippen molar-refractivity contribution in [2.45, 2.75) is 26.7 Å². The number of H-pyrrole nitrogens is 1. The molecule has 0 spiro atoms. The molecule has 0 saturated carbocycles. The van der Waals surface area contributed by atoms with Crippen molar-refractivity contribution in [2.75, 3.05) is 18.9 Å². The summed E-state index contributed by atoms with van der Waals surface area (Å²) in [5, 5.41) is 12.9. The summed E-state index contributed by atoms with van der Waals surface area (Å²) in [6.45, 7) is 4.67. The zero-order valence-corrected chi connectivity index (χ0v) is 12.8. The lowest BCUT2D eigenvalue weighted by molar-refractivity contribution is 0.0954. The molecule has 1 heterocycles. The molecule has 1 aromatic carbocycles. The second-order valence-electron chi connectivity index (χ2n) is 5.18. The van der Waals surface area contributed by atoms with Crippen LogP contribution in [-0.2, 0) is 6.42 Å². The number of rotatable bonds is 6. The van der Waals surface area contributed by atoms with Gasteiger partial charge in [0.05, 0.1) is 11.8 Å². The van der Waals surface area contributed by atoms with Gasteiger partial charge in [-0.1, -0.05) is 6.07 Å². The second-order valence-corrected chi connectivity index (χ2v) is 5.18. The molecule has 0 atom stereocenters. The van der Waals surface area contributed by atoms with E-state index in [1.165, 1.54) is 5.56 Å². The van der Waals surface area contributed by atoms with Gasteiger partial charge in [-0.2, -0.15) is 5.10 Å². The number of aromatic amines is 1. The molecule has 2 aromatic rings. The van der Waals surface area contributed by atoms with Crippen LogP contribution < -0.4 is 10.6 Å². The summed E-state index contributed by atoms with van der Waals surface area (Å²) in [5.41, 5.74) is 4.97. The summed E-state index contributed by atoms with van der Waals surface area (Å²) in [4.78, 5) is 12.2. The van der Waals surface area contributed by atoms with Crippen molar-refractivity contribution in [1.29, 1.82) is 0 Å². The molecule has 5 nitrogen and oxygen atoms in total. The van der Waals surface area contributed by atoms with Crippen molar-refractivity contribution in [3.8, 4) is 0 Å². The van der Waals surface area contributed by atoms with Crippen LogP contribution in [0.5, 0.6) is 0 Å². The topological polar surface area (TPSA) is 69.8 Å². The average molecular weight is 286 g/mol. The standard InChI is InChI=1S/C16H22N4O/c1-11-6-7-14(15(9-11)17-3)16(21)18-8-4-5-13-10-19-20-12(13)2/h6-7,9-10,17H,4-5,8H2,1-3H3,(H,18,21)(H,19,20). The number of aryl methyl sites for hydroxylation is 3. The van der Waals surface area contributed by atoms with Crippen molar-refractivity contribution in [1.82, 2.24) is 15.5 Å². The van der Waals surface area contributed by atoms with E-state index in [0.717, 1.165) is 29.8 Å². The van der Waals surface area contributed by atoms with Gasteiger partial charge in [0.15, 0.2) is 0 Å². The van der Waals surface area contributed by atoms with Crippen LogP contribution in [0.1, 0.15) is 33.6 Å². The third-order valence-corrected chi connectivity index (χ3v) is 3.53. The Morgan fingerprint density at radius 3 is 2.81 bits per heavy atom. The van der Waals surface area contributed by atoms with Crippen molar-refractivity contribution >= 4 is 11.6 Å². The van der Waals surface area contributed by atoms with Gasteiger partial charge in [0.2, 0.25) is 0 Å². The fraction of sp³-hybridized carbons (Fsp3) is 0.375. The van der Waals surface area contributed by atoms with E-state index in [1.54, 1.807) is 0 Å². The molecule has 0 aliphatic carbocycles. The van der Waals surface area contributed by atoms with E-state index in [9.17, 15) is 4.79 Å². The Bertz CT molecular complexity index is 618. The summed E-state index contributed by atoms with van der Waals surface area (Å²) in [7, 11) is 1.83. The highest BCUT2D eigenvalue weighted by atomic mass is 16.1. The molecule has 0 saturated heterocycles. The number of nitrogens with zero attached hydrogens (tertiary/aromatic N) is 1. The number of aromatic nitrogens is 2. The first kappa shape index (κ1) is 15.1. The highest BCUT2D eigenvalue weighted by molar-refractivity contribution is 5.99. The van der Waals surface area contributed by atoms with Gasteiger partial charge in [0.1, 0.15) is 0 Å². The van der Waals surface area contributed by atoms with Crippen LogP contribution in [0.15, 0.2) is 24.4 Å². The van der Waals surface area contributed by atoms with E-state index < -0.39 is 0 Å². The van der Waals surface area contributed by atoms with Gasteiger partial charge in [0, 0.05) is 25.0 Å². The van der Waals surface area contributed by atoms with E-state index in [-0.39, 0.29) is 5.91 Å². The zero-order valence-electron chi connectivity index (χ0n) is 12.8. The molecule has 0 aliphatic heterocycles. The number of hydrogen-bond acceptors (Lipinski definition) is 3. The SMILES string of the molecule is CNc1cc(C)ccc1C(=O)NCCCc1cn[nH]c1C. The maximum Gasteiger partial charge on any atom is 0.253 e. The Labute approximate surface area is 125 Å².